The van der Waals surface area contributed by atoms with E-state index >= 15 is 0 Å². The number of aliphatic hydroxyl groups is 1. The highest BCUT2D eigenvalue weighted by atomic mass is 32.2. The minimum atomic E-state index is -3.74. The SMILES string of the molecule is CCCCC[C@H](C)N1C[C@@H](COCc2ccccc2)Oc2cc(N3CCC[C@@H]3CO)ccc2S1(=O)=O. The number of aliphatic hydroxyl groups excluding tert-OH is 1. The molecule has 0 saturated carbocycles. The molecule has 0 amide bonds. The van der Waals surface area contributed by atoms with Gasteiger partial charge in [0.1, 0.15) is 16.7 Å². The largest absolute Gasteiger partial charge is 0.485 e. The number of nitrogens with zero attached hydrogens (tertiary/aromatic N) is 2. The predicted octanol–water partition coefficient (Wildman–Crippen LogP) is 4.59. The second-order valence-electron chi connectivity index (χ2n) is 9.96. The van der Waals surface area contributed by atoms with Crippen molar-refractivity contribution in [3.63, 3.8) is 0 Å². The van der Waals surface area contributed by atoms with Gasteiger partial charge < -0.3 is 19.5 Å². The van der Waals surface area contributed by atoms with Crippen LogP contribution in [0, 0.1) is 0 Å². The summed E-state index contributed by atoms with van der Waals surface area (Å²) < 4.78 is 41.7. The molecule has 2 aromatic carbocycles. The van der Waals surface area contributed by atoms with E-state index in [0.717, 1.165) is 56.3 Å². The molecule has 2 heterocycles. The van der Waals surface area contributed by atoms with Crippen molar-refractivity contribution in [2.75, 3.05) is 31.2 Å². The zero-order valence-electron chi connectivity index (χ0n) is 21.5. The summed E-state index contributed by atoms with van der Waals surface area (Å²) in [5, 5.41) is 9.79. The van der Waals surface area contributed by atoms with E-state index in [2.05, 4.69) is 11.8 Å². The van der Waals surface area contributed by atoms with Crippen molar-refractivity contribution >= 4 is 15.7 Å². The van der Waals surface area contributed by atoms with Gasteiger partial charge in [-0.15, -0.1) is 0 Å². The molecule has 3 atom stereocenters. The van der Waals surface area contributed by atoms with Crippen LogP contribution in [0.1, 0.15) is 57.9 Å². The minimum Gasteiger partial charge on any atom is -0.485 e. The molecule has 0 spiro atoms. The topological polar surface area (TPSA) is 79.3 Å². The van der Waals surface area contributed by atoms with E-state index in [1.807, 2.05) is 49.4 Å². The van der Waals surface area contributed by atoms with Gasteiger partial charge in [0.05, 0.1) is 32.4 Å². The summed E-state index contributed by atoms with van der Waals surface area (Å²) in [7, 11) is -3.74. The lowest BCUT2D eigenvalue weighted by Gasteiger charge is -2.28. The summed E-state index contributed by atoms with van der Waals surface area (Å²) >= 11 is 0. The highest BCUT2D eigenvalue weighted by Gasteiger charge is 2.38. The Bertz CT molecular complexity index is 1080. The smallest absolute Gasteiger partial charge is 0.247 e. The number of hydrogen-bond acceptors (Lipinski definition) is 6. The fourth-order valence-corrected chi connectivity index (χ4v) is 7.00. The third kappa shape index (κ3) is 6.22. The summed E-state index contributed by atoms with van der Waals surface area (Å²) in [4.78, 5) is 2.35. The van der Waals surface area contributed by atoms with Gasteiger partial charge in [-0.25, -0.2) is 8.42 Å². The number of unbranched alkanes of at least 4 members (excludes halogenated alkanes) is 2. The van der Waals surface area contributed by atoms with E-state index < -0.39 is 16.1 Å². The highest BCUT2D eigenvalue weighted by Crippen LogP contribution is 2.37. The van der Waals surface area contributed by atoms with Gasteiger partial charge in [0, 0.05) is 24.3 Å². The first-order valence-electron chi connectivity index (χ1n) is 13.3. The third-order valence-corrected chi connectivity index (χ3v) is 9.26. The number of hydrogen-bond donors (Lipinski definition) is 1. The maximum Gasteiger partial charge on any atom is 0.247 e. The van der Waals surface area contributed by atoms with Crippen molar-refractivity contribution in [1.82, 2.24) is 4.31 Å². The summed E-state index contributed by atoms with van der Waals surface area (Å²) in [6, 6.07) is 15.2. The van der Waals surface area contributed by atoms with Crippen LogP contribution in [0.15, 0.2) is 53.4 Å². The molecular formula is C28H40N2O5S. The highest BCUT2D eigenvalue weighted by molar-refractivity contribution is 7.89. The van der Waals surface area contributed by atoms with E-state index in [9.17, 15) is 13.5 Å². The van der Waals surface area contributed by atoms with Crippen molar-refractivity contribution < 1.29 is 23.0 Å². The monoisotopic (exact) mass is 516 g/mol. The number of rotatable bonds is 11. The molecule has 0 radical (unpaired) electrons. The Hall–Kier alpha value is -2.13. The van der Waals surface area contributed by atoms with Crippen molar-refractivity contribution in [3.8, 4) is 5.75 Å². The lowest BCUT2D eigenvalue weighted by atomic mass is 10.1. The van der Waals surface area contributed by atoms with Gasteiger partial charge in [-0.2, -0.15) is 4.31 Å². The molecule has 2 aromatic rings. The number of fused-ring (bicyclic) bond motifs is 1. The first kappa shape index (κ1) is 26.9. The number of sulfonamides is 1. The average Bonchev–Trinajstić information content (AvgIpc) is 3.32. The van der Waals surface area contributed by atoms with Crippen molar-refractivity contribution in [1.29, 1.82) is 0 Å². The lowest BCUT2D eigenvalue weighted by Crippen LogP contribution is -2.44. The second kappa shape index (κ2) is 12.4. The summed E-state index contributed by atoms with van der Waals surface area (Å²) in [6.07, 6.45) is 5.47. The van der Waals surface area contributed by atoms with E-state index in [1.165, 1.54) is 0 Å². The van der Waals surface area contributed by atoms with Gasteiger partial charge in [0.15, 0.2) is 0 Å². The molecule has 2 aliphatic rings. The van der Waals surface area contributed by atoms with Gasteiger partial charge in [-0.3, -0.25) is 0 Å². The molecule has 1 saturated heterocycles. The molecule has 1 N–H and O–H groups in total. The Morgan fingerprint density at radius 3 is 2.72 bits per heavy atom. The summed E-state index contributed by atoms with van der Waals surface area (Å²) in [5.41, 5.74) is 1.95. The Balaban J connectivity index is 1.60. The molecule has 8 heteroatoms. The Morgan fingerprint density at radius 1 is 1.17 bits per heavy atom. The standard InChI is InChI=1S/C28H40N2O5S/c1-3-4-6-10-22(2)30-18-26(21-34-20-23-11-7-5-8-12-23)35-27-17-24(14-15-28(27)36(30,32)33)29-16-9-13-25(29)19-31/h5,7-8,11-12,14-15,17,22,25-26,31H,3-4,6,9-10,13,16,18-21H2,1-2H3/t22-,25+,26-/m0/s1. The number of anilines is 1. The van der Waals surface area contributed by atoms with Crippen molar-refractivity contribution in [2.45, 2.75) is 82.1 Å². The van der Waals surface area contributed by atoms with Crippen LogP contribution in [0.25, 0.3) is 0 Å². The molecule has 198 valence electrons. The molecule has 0 aliphatic carbocycles. The van der Waals surface area contributed by atoms with E-state index in [-0.39, 0.29) is 36.7 Å². The summed E-state index contributed by atoms with van der Waals surface area (Å²) in [6.45, 7) is 6.03. The van der Waals surface area contributed by atoms with Crippen LogP contribution in [0.5, 0.6) is 5.75 Å². The van der Waals surface area contributed by atoms with Crippen LogP contribution < -0.4 is 9.64 Å². The molecule has 7 nitrogen and oxygen atoms in total. The first-order chi connectivity index (χ1) is 17.4. The van der Waals surface area contributed by atoms with Crippen molar-refractivity contribution in [3.05, 3.63) is 54.1 Å². The van der Waals surface area contributed by atoms with Gasteiger partial charge >= 0.3 is 0 Å². The molecule has 2 aliphatic heterocycles. The zero-order valence-corrected chi connectivity index (χ0v) is 22.3. The first-order valence-corrected chi connectivity index (χ1v) is 14.7. The Labute approximate surface area is 216 Å². The molecule has 4 rings (SSSR count). The Morgan fingerprint density at radius 2 is 1.97 bits per heavy atom. The zero-order chi connectivity index (χ0) is 25.5. The average molecular weight is 517 g/mol. The minimum absolute atomic E-state index is 0.0468. The lowest BCUT2D eigenvalue weighted by molar-refractivity contribution is 0.0310. The molecule has 0 unspecified atom stereocenters. The van der Waals surface area contributed by atoms with Crippen LogP contribution in [-0.4, -0.2) is 62.3 Å². The molecule has 0 bridgehead atoms. The van der Waals surface area contributed by atoms with Crippen LogP contribution in [0.4, 0.5) is 5.69 Å². The van der Waals surface area contributed by atoms with Gasteiger partial charge in [0.25, 0.3) is 0 Å². The van der Waals surface area contributed by atoms with Crippen molar-refractivity contribution in [2.24, 2.45) is 0 Å². The van der Waals surface area contributed by atoms with E-state index in [4.69, 9.17) is 9.47 Å². The maximum absolute atomic E-state index is 13.8. The van der Waals surface area contributed by atoms with Gasteiger partial charge in [-0.05, 0) is 43.9 Å². The fraction of sp³-hybridized carbons (Fsp3) is 0.571. The van der Waals surface area contributed by atoms with E-state index in [1.54, 1.807) is 10.4 Å². The van der Waals surface area contributed by atoms with Crippen LogP contribution in [-0.2, 0) is 21.4 Å². The number of ether oxygens (including phenoxy) is 2. The van der Waals surface area contributed by atoms with E-state index in [0.29, 0.717) is 12.4 Å². The summed E-state index contributed by atoms with van der Waals surface area (Å²) in [5.74, 6) is 0.368. The number of benzene rings is 2. The quantitative estimate of drug-likeness (QED) is 0.440. The second-order valence-corrected chi connectivity index (χ2v) is 11.8. The van der Waals surface area contributed by atoms with Crippen LogP contribution in [0.2, 0.25) is 0 Å². The maximum atomic E-state index is 13.8. The normalized spacial score (nSPS) is 22.6. The molecular weight excluding hydrogens is 476 g/mol. The Kier molecular flexibility index (Phi) is 9.28. The third-order valence-electron chi connectivity index (χ3n) is 7.24. The fourth-order valence-electron chi connectivity index (χ4n) is 5.21. The molecule has 0 aromatic heterocycles. The van der Waals surface area contributed by atoms with Crippen LogP contribution >= 0.6 is 0 Å². The van der Waals surface area contributed by atoms with Gasteiger partial charge in [0.2, 0.25) is 10.0 Å². The predicted molar refractivity (Wildman–Crippen MR) is 142 cm³/mol. The van der Waals surface area contributed by atoms with Crippen LogP contribution in [0.3, 0.4) is 0 Å². The van der Waals surface area contributed by atoms with Gasteiger partial charge in [-0.1, -0.05) is 56.5 Å². The molecule has 36 heavy (non-hydrogen) atoms. The molecule has 1 fully saturated rings.